The Morgan fingerprint density at radius 2 is 1.88 bits per heavy atom. The highest BCUT2D eigenvalue weighted by Crippen LogP contribution is 2.34. The molecule has 2 heterocycles. The molecule has 2 aromatic carbocycles. The van der Waals surface area contributed by atoms with Crippen LogP contribution in [0.4, 0.5) is 10.1 Å². The van der Waals surface area contributed by atoms with E-state index in [0.717, 1.165) is 22.7 Å². The number of carbonyl (C=O) groups is 2. The third-order valence-electron chi connectivity index (χ3n) is 5.13. The predicted octanol–water partition coefficient (Wildman–Crippen LogP) is 4.78. The number of para-hydroxylation sites is 1. The molecule has 9 heteroatoms. The Morgan fingerprint density at radius 1 is 1.12 bits per heavy atom. The maximum Gasteiger partial charge on any atom is 0.349 e. The van der Waals surface area contributed by atoms with E-state index in [1.54, 1.807) is 23.7 Å². The van der Waals surface area contributed by atoms with Gasteiger partial charge in [-0.2, -0.15) is 5.10 Å². The highest BCUT2D eigenvalue weighted by molar-refractivity contribution is 7.21. The van der Waals surface area contributed by atoms with Crippen molar-refractivity contribution in [2.45, 2.75) is 20.5 Å². The summed E-state index contributed by atoms with van der Waals surface area (Å²) < 4.78 is 27.1. The molecule has 0 aliphatic carbocycles. The standard InChI is InChI=1S/C24H22FN3O4S/c1-14-22(15(2)28(27-14)16-8-5-4-6-9-16)26-20(29)13-32-24(30)23-17(12-31-3)21-18(25)10-7-11-19(21)33-23/h4-11H,12-13H2,1-3H3,(H,26,29). The molecule has 2 aromatic heterocycles. The van der Waals surface area contributed by atoms with Crippen molar-refractivity contribution >= 4 is 39.0 Å². The van der Waals surface area contributed by atoms with Crippen molar-refractivity contribution in [3.05, 3.63) is 76.2 Å². The average molecular weight is 468 g/mol. The van der Waals surface area contributed by atoms with E-state index in [-0.39, 0.29) is 11.5 Å². The number of hydrogen-bond acceptors (Lipinski definition) is 6. The minimum atomic E-state index is -0.703. The Hall–Kier alpha value is -3.56. The van der Waals surface area contributed by atoms with Crippen LogP contribution >= 0.6 is 11.3 Å². The molecule has 0 fully saturated rings. The maximum atomic E-state index is 14.3. The second-order valence-electron chi connectivity index (χ2n) is 7.37. The Labute approximate surface area is 193 Å². The number of nitrogens with zero attached hydrogens (tertiary/aromatic N) is 2. The molecule has 0 atom stereocenters. The van der Waals surface area contributed by atoms with Crippen LogP contribution in [0, 0.1) is 19.7 Å². The minimum absolute atomic E-state index is 0.0502. The molecule has 0 saturated carbocycles. The van der Waals surface area contributed by atoms with Gasteiger partial charge in [-0.25, -0.2) is 13.9 Å². The smallest absolute Gasteiger partial charge is 0.349 e. The molecular weight excluding hydrogens is 445 g/mol. The topological polar surface area (TPSA) is 82.4 Å². The lowest BCUT2D eigenvalue weighted by atomic mass is 10.1. The average Bonchev–Trinajstić information content (AvgIpc) is 3.32. The quantitative estimate of drug-likeness (QED) is 0.396. The van der Waals surface area contributed by atoms with Crippen LogP contribution in [-0.2, 0) is 20.9 Å². The SMILES string of the molecule is COCc1c(C(=O)OCC(=O)Nc2c(C)nn(-c3ccccc3)c2C)sc2cccc(F)c12. The Morgan fingerprint density at radius 3 is 2.61 bits per heavy atom. The molecule has 33 heavy (non-hydrogen) atoms. The molecule has 0 saturated heterocycles. The molecule has 0 spiro atoms. The molecule has 0 aliphatic heterocycles. The Balaban J connectivity index is 1.48. The number of benzene rings is 2. The summed E-state index contributed by atoms with van der Waals surface area (Å²) in [5, 5.41) is 7.59. The monoisotopic (exact) mass is 467 g/mol. The lowest BCUT2D eigenvalue weighted by Gasteiger charge is -2.08. The first-order chi connectivity index (χ1) is 15.9. The normalized spacial score (nSPS) is 11.0. The van der Waals surface area contributed by atoms with E-state index >= 15 is 0 Å². The maximum absolute atomic E-state index is 14.3. The van der Waals surface area contributed by atoms with Gasteiger partial charge in [-0.05, 0) is 38.1 Å². The number of aromatic nitrogens is 2. The van der Waals surface area contributed by atoms with Crippen molar-refractivity contribution in [2.75, 3.05) is 19.0 Å². The van der Waals surface area contributed by atoms with Crippen LogP contribution in [0.15, 0.2) is 48.5 Å². The molecule has 0 unspecified atom stereocenters. The van der Waals surface area contributed by atoms with Crippen LogP contribution < -0.4 is 5.32 Å². The summed E-state index contributed by atoms with van der Waals surface area (Å²) in [6.45, 7) is 3.19. The van der Waals surface area contributed by atoms with E-state index < -0.39 is 24.3 Å². The molecule has 4 rings (SSSR count). The number of methoxy groups -OCH3 is 1. The van der Waals surface area contributed by atoms with E-state index in [0.29, 0.717) is 27.0 Å². The Bertz CT molecular complexity index is 1330. The largest absolute Gasteiger partial charge is 0.451 e. The molecule has 4 aromatic rings. The molecular formula is C24H22FN3O4S. The lowest BCUT2D eigenvalue weighted by molar-refractivity contribution is -0.119. The van der Waals surface area contributed by atoms with Crippen molar-refractivity contribution in [1.82, 2.24) is 9.78 Å². The minimum Gasteiger partial charge on any atom is -0.451 e. The number of carbonyl (C=O) groups excluding carboxylic acids is 2. The number of anilines is 1. The lowest BCUT2D eigenvalue weighted by Crippen LogP contribution is -2.21. The molecule has 0 aliphatic rings. The number of fused-ring (bicyclic) bond motifs is 1. The molecule has 1 N–H and O–H groups in total. The zero-order valence-corrected chi connectivity index (χ0v) is 19.2. The van der Waals surface area contributed by atoms with Crippen LogP contribution in [0.25, 0.3) is 15.8 Å². The van der Waals surface area contributed by atoms with Crippen LogP contribution in [-0.4, -0.2) is 35.4 Å². The summed E-state index contributed by atoms with van der Waals surface area (Å²) >= 11 is 1.11. The number of rotatable bonds is 7. The van der Waals surface area contributed by atoms with Crippen LogP contribution in [0.3, 0.4) is 0 Å². The highest BCUT2D eigenvalue weighted by atomic mass is 32.1. The number of halogens is 1. The van der Waals surface area contributed by atoms with E-state index in [1.165, 1.54) is 13.2 Å². The van der Waals surface area contributed by atoms with Crippen molar-refractivity contribution < 1.29 is 23.5 Å². The molecule has 1 amide bonds. The van der Waals surface area contributed by atoms with E-state index in [1.807, 2.05) is 37.3 Å². The number of thiophene rings is 1. The van der Waals surface area contributed by atoms with Gasteiger partial charge in [-0.15, -0.1) is 11.3 Å². The number of ether oxygens (including phenoxy) is 2. The van der Waals surface area contributed by atoms with Gasteiger partial charge in [-0.3, -0.25) is 4.79 Å². The number of amides is 1. The first kappa shape index (κ1) is 22.6. The summed E-state index contributed by atoms with van der Waals surface area (Å²) in [7, 11) is 1.47. The zero-order valence-electron chi connectivity index (χ0n) is 18.3. The third kappa shape index (κ3) is 4.50. The first-order valence-corrected chi connectivity index (χ1v) is 11.0. The van der Waals surface area contributed by atoms with Gasteiger partial charge >= 0.3 is 5.97 Å². The third-order valence-corrected chi connectivity index (χ3v) is 6.31. The van der Waals surface area contributed by atoms with Crippen molar-refractivity contribution in [1.29, 1.82) is 0 Å². The van der Waals surface area contributed by atoms with Crippen LogP contribution in [0.1, 0.15) is 26.6 Å². The summed E-state index contributed by atoms with van der Waals surface area (Å²) in [4.78, 5) is 25.5. The van der Waals surface area contributed by atoms with Gasteiger partial charge < -0.3 is 14.8 Å². The summed E-state index contributed by atoms with van der Waals surface area (Å²) in [6, 6.07) is 14.2. The molecule has 7 nitrogen and oxygen atoms in total. The van der Waals surface area contributed by atoms with E-state index in [4.69, 9.17) is 9.47 Å². The second kappa shape index (κ2) is 9.51. The van der Waals surface area contributed by atoms with Gasteiger partial charge in [0.25, 0.3) is 5.91 Å². The first-order valence-electron chi connectivity index (χ1n) is 10.2. The zero-order chi connectivity index (χ0) is 23.5. The van der Waals surface area contributed by atoms with Crippen molar-refractivity contribution in [2.24, 2.45) is 0 Å². The van der Waals surface area contributed by atoms with Crippen molar-refractivity contribution in [3.8, 4) is 5.69 Å². The molecule has 0 bridgehead atoms. The second-order valence-corrected chi connectivity index (χ2v) is 8.43. The predicted molar refractivity (Wildman–Crippen MR) is 124 cm³/mol. The fourth-order valence-corrected chi connectivity index (χ4v) is 4.75. The Kier molecular flexibility index (Phi) is 6.52. The summed E-state index contributed by atoms with van der Waals surface area (Å²) in [5.41, 5.74) is 3.23. The van der Waals surface area contributed by atoms with Crippen LogP contribution in [0.5, 0.6) is 0 Å². The fraction of sp³-hybridized carbons (Fsp3) is 0.208. The van der Waals surface area contributed by atoms with Crippen molar-refractivity contribution in [3.63, 3.8) is 0 Å². The summed E-state index contributed by atoms with van der Waals surface area (Å²) in [6.07, 6.45) is 0. The summed E-state index contributed by atoms with van der Waals surface area (Å²) in [5.74, 6) is -1.64. The van der Waals surface area contributed by atoms with E-state index in [9.17, 15) is 14.0 Å². The highest BCUT2D eigenvalue weighted by Gasteiger charge is 2.23. The van der Waals surface area contributed by atoms with Gasteiger partial charge in [0.1, 0.15) is 10.7 Å². The number of hydrogen-bond donors (Lipinski definition) is 1. The van der Waals surface area contributed by atoms with Gasteiger partial charge in [-0.1, -0.05) is 24.3 Å². The molecule has 170 valence electrons. The van der Waals surface area contributed by atoms with Crippen LogP contribution in [0.2, 0.25) is 0 Å². The number of esters is 1. The van der Waals surface area contributed by atoms with Gasteiger partial charge in [0.05, 0.1) is 29.4 Å². The van der Waals surface area contributed by atoms with Gasteiger partial charge in [0, 0.05) is 22.8 Å². The number of aryl methyl sites for hydroxylation is 1. The van der Waals surface area contributed by atoms with E-state index in [2.05, 4.69) is 10.4 Å². The molecule has 0 radical (unpaired) electrons. The number of nitrogens with one attached hydrogen (secondary N) is 1. The van der Waals surface area contributed by atoms with Gasteiger partial charge in [0.2, 0.25) is 0 Å². The fourth-order valence-electron chi connectivity index (χ4n) is 3.63. The van der Waals surface area contributed by atoms with Gasteiger partial charge in [0.15, 0.2) is 6.61 Å².